The highest BCUT2D eigenvalue weighted by Gasteiger charge is 2.06. The van der Waals surface area contributed by atoms with E-state index in [9.17, 15) is 4.21 Å². The van der Waals surface area contributed by atoms with E-state index in [2.05, 4.69) is 31.1 Å². The fraction of sp³-hybridized carbons (Fsp3) is 0.412. The maximum absolute atomic E-state index is 12.0. The summed E-state index contributed by atoms with van der Waals surface area (Å²) in [6.07, 6.45) is 4.93. The molecule has 0 aliphatic rings. The highest BCUT2D eigenvalue weighted by molar-refractivity contribution is 7.88. The fourth-order valence-corrected chi connectivity index (χ4v) is 3.07. The Morgan fingerprint density at radius 2 is 1.85 bits per heavy atom. The average molecular weight is 305 g/mol. The summed E-state index contributed by atoms with van der Waals surface area (Å²) in [6, 6.07) is 7.84. The summed E-state index contributed by atoms with van der Waals surface area (Å²) in [5.41, 5.74) is 4.55. The second kappa shape index (κ2) is 8.24. The van der Waals surface area contributed by atoms with E-state index in [1.807, 2.05) is 37.3 Å². The van der Waals surface area contributed by atoms with Crippen molar-refractivity contribution in [2.75, 3.05) is 0 Å². The van der Waals surface area contributed by atoms with E-state index in [4.69, 9.17) is 0 Å². The Balaban J connectivity index is 2.32. The molecule has 0 saturated heterocycles. The zero-order chi connectivity index (χ0) is 15.0. The lowest BCUT2D eigenvalue weighted by Crippen LogP contribution is -2.16. The van der Waals surface area contributed by atoms with Crippen LogP contribution in [0.5, 0.6) is 0 Å². The lowest BCUT2D eigenvalue weighted by molar-refractivity contribution is 0.688. The van der Waals surface area contributed by atoms with Crippen LogP contribution < -0.4 is 0 Å². The standard InChI is InChI=1S/C17H24OSSi/c1-16-10-12-17(13-11-16)19(18)14-8-6-5-7-9-15-20(2,3)4/h8,10-14H,5-7H2,1-4H3/b14-8+/t19-/m1/s1. The van der Waals surface area contributed by atoms with Gasteiger partial charge in [0.05, 0.1) is 10.8 Å². The Labute approximate surface area is 127 Å². The molecule has 0 aliphatic carbocycles. The molecule has 0 spiro atoms. The molecule has 0 heterocycles. The van der Waals surface area contributed by atoms with Gasteiger partial charge in [0.1, 0.15) is 8.07 Å². The zero-order valence-corrected chi connectivity index (χ0v) is 14.7. The lowest BCUT2D eigenvalue weighted by Gasteiger charge is -2.02. The molecule has 1 rings (SSSR count). The third-order valence-corrected chi connectivity index (χ3v) is 4.71. The molecular formula is C17H24OSSi. The summed E-state index contributed by atoms with van der Waals surface area (Å²) in [6.45, 7) is 8.80. The average Bonchev–Trinajstić information content (AvgIpc) is 2.37. The highest BCUT2D eigenvalue weighted by atomic mass is 32.2. The molecule has 1 atom stereocenters. The van der Waals surface area contributed by atoms with Crippen LogP contribution in [-0.4, -0.2) is 12.3 Å². The quantitative estimate of drug-likeness (QED) is 0.439. The smallest absolute Gasteiger partial charge is 0.129 e. The van der Waals surface area contributed by atoms with Gasteiger partial charge in [-0.3, -0.25) is 0 Å². The van der Waals surface area contributed by atoms with E-state index in [1.54, 1.807) is 5.41 Å². The van der Waals surface area contributed by atoms with Crippen LogP contribution in [0.4, 0.5) is 0 Å². The maximum Gasteiger partial charge on any atom is 0.129 e. The predicted molar refractivity (Wildman–Crippen MR) is 91.7 cm³/mol. The van der Waals surface area contributed by atoms with Crippen LogP contribution in [0, 0.1) is 18.4 Å². The Morgan fingerprint density at radius 1 is 1.20 bits per heavy atom. The minimum Gasteiger partial charge on any atom is -0.250 e. The summed E-state index contributed by atoms with van der Waals surface area (Å²) in [7, 11) is -2.24. The SMILES string of the molecule is Cc1ccc([S@](=O)/C=C/CCCC#C[Si](C)(C)C)cc1. The van der Waals surface area contributed by atoms with Gasteiger partial charge in [-0.25, -0.2) is 4.21 Å². The third-order valence-electron chi connectivity index (χ3n) is 2.61. The van der Waals surface area contributed by atoms with E-state index >= 15 is 0 Å². The summed E-state index contributed by atoms with van der Waals surface area (Å²) in [4.78, 5) is 0.866. The molecule has 20 heavy (non-hydrogen) atoms. The van der Waals surface area contributed by atoms with Crippen molar-refractivity contribution < 1.29 is 4.21 Å². The first-order valence-electron chi connectivity index (χ1n) is 7.02. The van der Waals surface area contributed by atoms with Crippen molar-refractivity contribution >= 4 is 18.9 Å². The first-order valence-corrected chi connectivity index (χ1v) is 11.7. The summed E-state index contributed by atoms with van der Waals surface area (Å²) < 4.78 is 12.0. The number of aryl methyl sites for hydroxylation is 1. The van der Waals surface area contributed by atoms with Gasteiger partial charge in [-0.15, -0.1) is 11.5 Å². The van der Waals surface area contributed by atoms with E-state index < -0.39 is 18.9 Å². The fourth-order valence-electron chi connectivity index (χ4n) is 1.54. The van der Waals surface area contributed by atoms with Crippen LogP contribution in [0.2, 0.25) is 19.6 Å². The molecule has 1 nitrogen and oxygen atoms in total. The number of benzene rings is 1. The molecule has 0 unspecified atom stereocenters. The second-order valence-electron chi connectivity index (χ2n) is 5.93. The Bertz CT molecular complexity index is 527. The van der Waals surface area contributed by atoms with Gasteiger partial charge in [-0.2, -0.15) is 0 Å². The minimum atomic E-state index is -1.22. The number of allylic oxidation sites excluding steroid dienone is 1. The molecule has 1 aromatic rings. The molecule has 0 aromatic heterocycles. The monoisotopic (exact) mass is 304 g/mol. The van der Waals surface area contributed by atoms with Gasteiger partial charge in [0, 0.05) is 16.7 Å². The first-order chi connectivity index (χ1) is 9.38. The Kier molecular flexibility index (Phi) is 6.98. The van der Waals surface area contributed by atoms with Gasteiger partial charge in [0.2, 0.25) is 0 Å². The maximum atomic E-state index is 12.0. The van der Waals surface area contributed by atoms with Crippen LogP contribution >= 0.6 is 0 Å². The number of hydrogen-bond acceptors (Lipinski definition) is 1. The molecule has 0 radical (unpaired) electrons. The van der Waals surface area contributed by atoms with Crippen molar-refractivity contribution in [3.63, 3.8) is 0 Å². The molecule has 0 saturated carbocycles. The van der Waals surface area contributed by atoms with Crippen molar-refractivity contribution in [3.8, 4) is 11.5 Å². The van der Waals surface area contributed by atoms with Gasteiger partial charge >= 0.3 is 0 Å². The largest absolute Gasteiger partial charge is 0.250 e. The highest BCUT2D eigenvalue weighted by Crippen LogP contribution is 2.10. The van der Waals surface area contributed by atoms with Crippen LogP contribution in [-0.2, 0) is 10.8 Å². The molecule has 0 N–H and O–H groups in total. The second-order valence-corrected chi connectivity index (χ2v) is 12.0. The van der Waals surface area contributed by atoms with Crippen molar-refractivity contribution in [3.05, 3.63) is 41.3 Å². The zero-order valence-electron chi connectivity index (χ0n) is 12.9. The van der Waals surface area contributed by atoms with Gasteiger partial charge in [0.15, 0.2) is 0 Å². The van der Waals surface area contributed by atoms with E-state index in [0.717, 1.165) is 24.2 Å². The van der Waals surface area contributed by atoms with Crippen LogP contribution in [0.1, 0.15) is 24.8 Å². The van der Waals surface area contributed by atoms with Crippen LogP contribution in [0.25, 0.3) is 0 Å². The van der Waals surface area contributed by atoms with Gasteiger partial charge in [0.25, 0.3) is 0 Å². The van der Waals surface area contributed by atoms with E-state index in [0.29, 0.717) is 0 Å². The molecule has 0 aliphatic heterocycles. The summed E-state index contributed by atoms with van der Waals surface area (Å²) in [5.74, 6) is 3.25. The molecule has 3 heteroatoms. The predicted octanol–water partition coefficient (Wildman–Crippen LogP) is 4.67. The normalized spacial score (nSPS) is 13.0. The molecule has 108 valence electrons. The summed E-state index contributed by atoms with van der Waals surface area (Å²) in [5, 5.41) is 1.79. The van der Waals surface area contributed by atoms with Crippen LogP contribution in [0.3, 0.4) is 0 Å². The summed E-state index contributed by atoms with van der Waals surface area (Å²) >= 11 is 0. The van der Waals surface area contributed by atoms with Gasteiger partial charge in [-0.05, 0) is 31.9 Å². The van der Waals surface area contributed by atoms with E-state index in [1.165, 1.54) is 5.56 Å². The van der Waals surface area contributed by atoms with Gasteiger partial charge < -0.3 is 0 Å². The van der Waals surface area contributed by atoms with Crippen molar-refractivity contribution in [2.45, 2.75) is 50.7 Å². The van der Waals surface area contributed by atoms with Crippen molar-refractivity contribution in [1.29, 1.82) is 0 Å². The molecular weight excluding hydrogens is 280 g/mol. The Hall–Kier alpha value is -1.11. The minimum absolute atomic E-state index is 0.866. The Morgan fingerprint density at radius 3 is 2.45 bits per heavy atom. The van der Waals surface area contributed by atoms with Gasteiger partial charge in [-0.1, -0.05) is 43.4 Å². The van der Waals surface area contributed by atoms with Crippen molar-refractivity contribution in [2.24, 2.45) is 0 Å². The first kappa shape index (κ1) is 16.9. The van der Waals surface area contributed by atoms with E-state index in [-0.39, 0.29) is 0 Å². The number of hydrogen-bond donors (Lipinski definition) is 0. The molecule has 0 amide bonds. The molecule has 1 aromatic carbocycles. The number of unbranched alkanes of at least 4 members (excludes halogenated alkanes) is 2. The molecule has 0 bridgehead atoms. The topological polar surface area (TPSA) is 17.1 Å². The van der Waals surface area contributed by atoms with Crippen molar-refractivity contribution in [1.82, 2.24) is 0 Å². The van der Waals surface area contributed by atoms with Crippen LogP contribution in [0.15, 0.2) is 40.6 Å². The number of rotatable bonds is 5. The lowest BCUT2D eigenvalue weighted by atomic mass is 10.2. The molecule has 0 fully saturated rings. The third kappa shape index (κ3) is 7.47.